The van der Waals surface area contributed by atoms with E-state index in [0.717, 1.165) is 5.56 Å². The van der Waals surface area contributed by atoms with Gasteiger partial charge in [-0.15, -0.1) is 0 Å². The third-order valence-electron chi connectivity index (χ3n) is 6.55. The maximum absolute atomic E-state index is 13.1. The minimum absolute atomic E-state index is 0.149. The van der Waals surface area contributed by atoms with Crippen LogP contribution in [0.5, 0.6) is 0 Å². The molecule has 1 rings (SSSR count). The number of nitrogens with two attached hydrogens (primary N) is 3. The monoisotopic (exact) mass is 606 g/mol. The van der Waals surface area contributed by atoms with Crippen molar-refractivity contribution in [1.82, 2.24) is 26.6 Å². The summed E-state index contributed by atoms with van der Waals surface area (Å²) in [7, 11) is 0. The maximum Gasteiger partial charge on any atom is 0.245 e. The molecule has 0 saturated heterocycles. The summed E-state index contributed by atoms with van der Waals surface area (Å²) >= 11 is 0. The summed E-state index contributed by atoms with van der Waals surface area (Å²) in [6.07, 6.45) is 1.31. The molecule has 12 N–H and O–H groups in total. The molecular formula is C28H46N8O7. The van der Waals surface area contributed by atoms with E-state index in [1.54, 1.807) is 38.1 Å². The number of carbonyl (C=O) groups is 6. The van der Waals surface area contributed by atoms with Crippen LogP contribution in [0.25, 0.3) is 0 Å². The lowest BCUT2D eigenvalue weighted by molar-refractivity contribution is -0.134. The van der Waals surface area contributed by atoms with Gasteiger partial charge in [-0.3, -0.25) is 28.8 Å². The van der Waals surface area contributed by atoms with Crippen LogP contribution in [0.1, 0.15) is 45.6 Å². The van der Waals surface area contributed by atoms with Crippen molar-refractivity contribution in [3.8, 4) is 0 Å². The third-order valence-corrected chi connectivity index (χ3v) is 6.55. The molecule has 0 aromatic heterocycles. The van der Waals surface area contributed by atoms with Crippen LogP contribution in [-0.2, 0) is 35.2 Å². The lowest BCUT2D eigenvalue weighted by Gasteiger charge is -2.24. The van der Waals surface area contributed by atoms with Crippen molar-refractivity contribution in [1.29, 1.82) is 0 Å². The van der Waals surface area contributed by atoms with E-state index in [1.807, 2.05) is 6.07 Å². The summed E-state index contributed by atoms with van der Waals surface area (Å²) in [5.74, 6) is -4.44. The Labute approximate surface area is 251 Å². The SMILES string of the molecule is CC(C)[C@H](N)C(=O)NCC(=O)N[C@@H](CO)C(=O)N[C@@H](CCCCN)C(=O)N[C@@H](C)C(=O)N[C@@H](Cc1ccccc1)C(N)=O. The molecule has 15 nitrogen and oxygen atoms in total. The minimum atomic E-state index is -1.43. The van der Waals surface area contributed by atoms with E-state index in [2.05, 4.69) is 26.6 Å². The molecule has 0 bridgehead atoms. The molecule has 0 aliphatic rings. The van der Waals surface area contributed by atoms with Gasteiger partial charge in [-0.05, 0) is 44.2 Å². The Morgan fingerprint density at radius 1 is 0.791 bits per heavy atom. The van der Waals surface area contributed by atoms with Gasteiger partial charge in [0, 0.05) is 6.42 Å². The normalized spacial score (nSPS) is 14.4. The largest absolute Gasteiger partial charge is 0.394 e. The molecule has 240 valence electrons. The summed E-state index contributed by atoms with van der Waals surface area (Å²) in [5.41, 5.74) is 17.5. The second-order valence-corrected chi connectivity index (χ2v) is 10.5. The molecule has 5 atom stereocenters. The van der Waals surface area contributed by atoms with Crippen molar-refractivity contribution in [2.75, 3.05) is 19.7 Å². The molecule has 1 aromatic carbocycles. The minimum Gasteiger partial charge on any atom is -0.394 e. The van der Waals surface area contributed by atoms with Gasteiger partial charge in [-0.25, -0.2) is 0 Å². The van der Waals surface area contributed by atoms with Crippen molar-refractivity contribution < 1.29 is 33.9 Å². The van der Waals surface area contributed by atoms with Crippen molar-refractivity contribution in [3.63, 3.8) is 0 Å². The number of hydrogen-bond acceptors (Lipinski definition) is 9. The van der Waals surface area contributed by atoms with Crippen LogP contribution >= 0.6 is 0 Å². The van der Waals surface area contributed by atoms with Crippen LogP contribution in [0.2, 0.25) is 0 Å². The van der Waals surface area contributed by atoms with Crippen molar-refractivity contribution >= 4 is 35.4 Å². The highest BCUT2D eigenvalue weighted by atomic mass is 16.3. The Hall–Kier alpha value is -4.08. The lowest BCUT2D eigenvalue weighted by atomic mass is 10.0. The zero-order valence-corrected chi connectivity index (χ0v) is 24.9. The predicted octanol–water partition coefficient (Wildman–Crippen LogP) is -3.11. The standard InChI is InChI=1S/C28H46N8O7/c1-16(2)23(30)28(43)32-14-22(38)34-21(15-37)27(42)35-19(11-7-8-12-29)26(41)33-17(3)25(40)36-20(24(31)39)13-18-9-5-4-6-10-18/h4-6,9-10,16-17,19-21,23,37H,7-8,11-15,29-30H2,1-3H3,(H2,31,39)(H,32,43)(H,33,41)(H,34,38)(H,35,42)(H,36,40)/t17-,19-,20-,21-,23-/m0/s1. The Balaban J connectivity index is 2.82. The first kappa shape index (κ1) is 36.9. The van der Waals surface area contributed by atoms with E-state index in [-0.39, 0.29) is 18.8 Å². The van der Waals surface area contributed by atoms with E-state index in [9.17, 15) is 33.9 Å². The highest BCUT2D eigenvalue weighted by molar-refractivity contribution is 5.95. The second-order valence-electron chi connectivity index (χ2n) is 10.5. The van der Waals surface area contributed by atoms with Crippen molar-refractivity contribution in [3.05, 3.63) is 35.9 Å². The van der Waals surface area contributed by atoms with Gasteiger partial charge in [0.05, 0.1) is 19.2 Å². The molecule has 1 aromatic rings. The number of nitrogens with one attached hydrogen (secondary N) is 5. The molecule has 0 heterocycles. The van der Waals surface area contributed by atoms with E-state index in [0.29, 0.717) is 19.4 Å². The lowest BCUT2D eigenvalue weighted by Crippen LogP contribution is -2.58. The Bertz CT molecular complexity index is 1090. The molecular weight excluding hydrogens is 560 g/mol. The number of rotatable bonds is 19. The first-order valence-electron chi connectivity index (χ1n) is 14.2. The Kier molecular flexibility index (Phi) is 16.5. The number of amides is 6. The quantitative estimate of drug-likeness (QED) is 0.0721. The summed E-state index contributed by atoms with van der Waals surface area (Å²) < 4.78 is 0. The number of unbranched alkanes of at least 4 members (excludes halogenated alkanes) is 1. The number of primary amides is 1. The maximum atomic E-state index is 13.1. The molecule has 6 amide bonds. The van der Waals surface area contributed by atoms with E-state index >= 15 is 0 Å². The highest BCUT2D eigenvalue weighted by Crippen LogP contribution is 2.05. The van der Waals surface area contributed by atoms with E-state index in [4.69, 9.17) is 17.2 Å². The topological polar surface area (TPSA) is 261 Å². The fourth-order valence-corrected chi connectivity index (χ4v) is 3.81. The summed E-state index contributed by atoms with van der Waals surface area (Å²) in [5, 5.41) is 21.9. The first-order chi connectivity index (χ1) is 20.3. The van der Waals surface area contributed by atoms with Crippen molar-refractivity contribution in [2.24, 2.45) is 23.1 Å². The highest BCUT2D eigenvalue weighted by Gasteiger charge is 2.29. The van der Waals surface area contributed by atoms with Gasteiger partial charge in [-0.1, -0.05) is 44.2 Å². The zero-order valence-electron chi connectivity index (χ0n) is 24.9. The molecule has 0 fully saturated rings. The van der Waals surface area contributed by atoms with Gasteiger partial charge >= 0.3 is 0 Å². The van der Waals surface area contributed by atoms with Crippen LogP contribution in [0.4, 0.5) is 0 Å². The van der Waals surface area contributed by atoms with Gasteiger partial charge in [0.15, 0.2) is 0 Å². The average Bonchev–Trinajstić information content (AvgIpc) is 2.97. The average molecular weight is 607 g/mol. The Morgan fingerprint density at radius 2 is 1.40 bits per heavy atom. The Morgan fingerprint density at radius 3 is 1.95 bits per heavy atom. The number of aliphatic hydroxyl groups excluding tert-OH is 1. The van der Waals surface area contributed by atoms with Crippen molar-refractivity contribution in [2.45, 2.75) is 76.7 Å². The molecule has 0 aliphatic carbocycles. The van der Waals surface area contributed by atoms with Gasteiger partial charge in [0.2, 0.25) is 35.4 Å². The number of aliphatic hydroxyl groups is 1. The van der Waals surface area contributed by atoms with E-state index < -0.39 is 78.8 Å². The van der Waals surface area contributed by atoms with Crippen LogP contribution in [0.3, 0.4) is 0 Å². The van der Waals surface area contributed by atoms with Gasteiger partial charge in [0.1, 0.15) is 24.2 Å². The van der Waals surface area contributed by atoms with Crippen LogP contribution in [0, 0.1) is 5.92 Å². The summed E-state index contributed by atoms with van der Waals surface area (Å²) in [4.78, 5) is 75.0. The third kappa shape index (κ3) is 13.6. The van der Waals surface area contributed by atoms with E-state index in [1.165, 1.54) is 6.92 Å². The van der Waals surface area contributed by atoms with Gasteiger partial charge in [-0.2, -0.15) is 0 Å². The molecule has 0 unspecified atom stereocenters. The molecule has 0 spiro atoms. The summed E-state index contributed by atoms with van der Waals surface area (Å²) in [6, 6.07) is 3.42. The molecule has 0 aliphatic heterocycles. The van der Waals surface area contributed by atoms with Crippen LogP contribution in [-0.4, -0.2) is 90.5 Å². The predicted molar refractivity (Wildman–Crippen MR) is 159 cm³/mol. The number of hydrogen-bond donors (Lipinski definition) is 9. The second kappa shape index (κ2) is 19.2. The molecule has 0 radical (unpaired) electrons. The fourth-order valence-electron chi connectivity index (χ4n) is 3.81. The molecule has 43 heavy (non-hydrogen) atoms. The number of benzene rings is 1. The van der Waals surface area contributed by atoms with Crippen LogP contribution < -0.4 is 43.8 Å². The van der Waals surface area contributed by atoms with Gasteiger partial charge in [0.25, 0.3) is 0 Å². The fraction of sp³-hybridized carbons (Fsp3) is 0.571. The first-order valence-corrected chi connectivity index (χ1v) is 14.2. The molecule has 0 saturated carbocycles. The smallest absolute Gasteiger partial charge is 0.245 e. The zero-order chi connectivity index (χ0) is 32.5. The van der Waals surface area contributed by atoms with Crippen LogP contribution in [0.15, 0.2) is 30.3 Å². The molecule has 15 heteroatoms. The summed E-state index contributed by atoms with van der Waals surface area (Å²) in [6.45, 7) is 3.97. The number of carbonyl (C=O) groups excluding carboxylic acids is 6. The van der Waals surface area contributed by atoms with Gasteiger partial charge < -0.3 is 48.9 Å².